The largest absolute Gasteiger partial charge is 0.481 e. The standard InChI is InChI=1S/C22H29NO5.C18H19NO4/c1-5-26-22(27-6-2)14-28-20-12-16(10-11-23-20)18-9-7-8-17(15(3)4)19(18)13-21(24)25;1-12(2)14-4-3-5-15(16(14)11-18(21)22)13-6-7-19-17(10-13)23-9-8-20/h7-12,15,22H,5-6,13-14H2,1-4H3,(H,24,25);3-8,10,12H,9,11H2,1-2H3,(H,21,22). The minimum atomic E-state index is -0.870. The van der Waals surface area contributed by atoms with Gasteiger partial charge in [0.1, 0.15) is 13.2 Å². The second-order valence-electron chi connectivity index (χ2n) is 12.1. The van der Waals surface area contributed by atoms with Gasteiger partial charge in [0.25, 0.3) is 0 Å². The summed E-state index contributed by atoms with van der Waals surface area (Å²) in [5, 5.41) is 18.6. The highest BCUT2D eigenvalue weighted by Gasteiger charge is 2.18. The number of aldehydes is 1. The zero-order valence-electron chi connectivity index (χ0n) is 30.1. The van der Waals surface area contributed by atoms with E-state index in [0.29, 0.717) is 31.3 Å². The first-order chi connectivity index (χ1) is 24.5. The first-order valence-electron chi connectivity index (χ1n) is 17.0. The van der Waals surface area contributed by atoms with Gasteiger partial charge in [0.15, 0.2) is 12.6 Å². The number of benzene rings is 2. The van der Waals surface area contributed by atoms with E-state index >= 15 is 0 Å². The van der Waals surface area contributed by atoms with Crippen molar-refractivity contribution in [1.29, 1.82) is 0 Å². The van der Waals surface area contributed by atoms with E-state index in [0.717, 1.165) is 44.5 Å². The van der Waals surface area contributed by atoms with Crippen molar-refractivity contribution in [2.75, 3.05) is 26.4 Å². The third-order valence-electron chi connectivity index (χ3n) is 7.79. The molecule has 0 unspecified atom stereocenters. The highest BCUT2D eigenvalue weighted by atomic mass is 16.7. The molecule has 0 aliphatic carbocycles. The lowest BCUT2D eigenvalue weighted by Gasteiger charge is -2.18. The van der Waals surface area contributed by atoms with Crippen LogP contribution >= 0.6 is 0 Å². The van der Waals surface area contributed by atoms with Gasteiger partial charge in [-0.3, -0.25) is 14.4 Å². The average molecular weight is 701 g/mol. The number of carboxylic acid groups (broad SMARTS) is 2. The fourth-order valence-corrected chi connectivity index (χ4v) is 5.63. The summed E-state index contributed by atoms with van der Waals surface area (Å²) in [7, 11) is 0. The fraction of sp³-hybridized carbons (Fsp3) is 0.375. The van der Waals surface area contributed by atoms with Gasteiger partial charge in [-0.15, -0.1) is 0 Å². The number of carbonyl (C=O) groups excluding carboxylic acids is 1. The van der Waals surface area contributed by atoms with Crippen LogP contribution in [0.25, 0.3) is 22.3 Å². The van der Waals surface area contributed by atoms with Gasteiger partial charge in [0, 0.05) is 37.7 Å². The summed E-state index contributed by atoms with van der Waals surface area (Å²) in [6.07, 6.45) is 3.38. The van der Waals surface area contributed by atoms with Crippen LogP contribution in [0.2, 0.25) is 0 Å². The van der Waals surface area contributed by atoms with E-state index in [-0.39, 0.29) is 37.9 Å². The number of aliphatic carboxylic acids is 2. The summed E-state index contributed by atoms with van der Waals surface area (Å²) in [6.45, 7) is 13.2. The second kappa shape index (κ2) is 20.5. The Balaban J connectivity index is 0.000000281. The molecule has 0 bridgehead atoms. The maximum Gasteiger partial charge on any atom is 0.307 e. The number of hydrogen-bond donors (Lipinski definition) is 2. The molecule has 0 aliphatic heterocycles. The quantitative estimate of drug-likeness (QED) is 0.0791. The number of carbonyl (C=O) groups is 3. The third kappa shape index (κ3) is 12.3. The molecule has 2 N–H and O–H groups in total. The van der Waals surface area contributed by atoms with Crippen LogP contribution in [-0.2, 0) is 36.7 Å². The molecule has 4 aromatic rings. The molecule has 51 heavy (non-hydrogen) atoms. The summed E-state index contributed by atoms with van der Waals surface area (Å²) in [5.41, 5.74) is 7.08. The predicted octanol–water partition coefficient (Wildman–Crippen LogP) is 7.35. The first kappa shape index (κ1) is 40.3. The Morgan fingerprint density at radius 3 is 1.55 bits per heavy atom. The Morgan fingerprint density at radius 2 is 1.16 bits per heavy atom. The smallest absolute Gasteiger partial charge is 0.307 e. The first-order valence-corrected chi connectivity index (χ1v) is 17.0. The number of carboxylic acids is 2. The lowest BCUT2D eigenvalue weighted by atomic mass is 9.89. The number of pyridine rings is 2. The Morgan fingerprint density at radius 1 is 0.706 bits per heavy atom. The molecule has 2 aromatic heterocycles. The monoisotopic (exact) mass is 700 g/mol. The molecule has 272 valence electrons. The fourth-order valence-electron chi connectivity index (χ4n) is 5.63. The number of aromatic nitrogens is 2. The van der Waals surface area contributed by atoms with Crippen molar-refractivity contribution >= 4 is 18.2 Å². The zero-order valence-corrected chi connectivity index (χ0v) is 30.1. The van der Waals surface area contributed by atoms with Gasteiger partial charge in [0.05, 0.1) is 12.8 Å². The van der Waals surface area contributed by atoms with Crippen LogP contribution < -0.4 is 9.47 Å². The number of nitrogens with zero attached hydrogens (tertiary/aromatic N) is 2. The predicted molar refractivity (Wildman–Crippen MR) is 194 cm³/mol. The lowest BCUT2D eigenvalue weighted by molar-refractivity contribution is -0.152. The van der Waals surface area contributed by atoms with Crippen molar-refractivity contribution in [2.45, 2.75) is 72.5 Å². The van der Waals surface area contributed by atoms with Crippen LogP contribution in [0.3, 0.4) is 0 Å². The molecule has 0 atom stereocenters. The summed E-state index contributed by atoms with van der Waals surface area (Å²) < 4.78 is 21.9. The molecule has 11 nitrogen and oxygen atoms in total. The van der Waals surface area contributed by atoms with E-state index in [1.807, 2.05) is 76.2 Å². The van der Waals surface area contributed by atoms with Gasteiger partial charge in [-0.1, -0.05) is 64.1 Å². The Labute approximate surface area is 299 Å². The molecule has 0 saturated carbocycles. The minimum absolute atomic E-state index is 0.0288. The average Bonchev–Trinajstić information content (AvgIpc) is 3.10. The minimum Gasteiger partial charge on any atom is -0.481 e. The molecule has 0 fully saturated rings. The summed E-state index contributed by atoms with van der Waals surface area (Å²) in [5.74, 6) is -0.493. The summed E-state index contributed by atoms with van der Waals surface area (Å²) in [4.78, 5) is 41.4. The second-order valence-corrected chi connectivity index (χ2v) is 12.1. The van der Waals surface area contributed by atoms with Crippen molar-refractivity contribution in [2.24, 2.45) is 0 Å². The van der Waals surface area contributed by atoms with E-state index in [2.05, 4.69) is 23.8 Å². The van der Waals surface area contributed by atoms with E-state index < -0.39 is 18.2 Å². The highest BCUT2D eigenvalue weighted by Crippen LogP contribution is 2.33. The van der Waals surface area contributed by atoms with Gasteiger partial charge >= 0.3 is 11.9 Å². The third-order valence-corrected chi connectivity index (χ3v) is 7.79. The summed E-state index contributed by atoms with van der Waals surface area (Å²) >= 11 is 0. The Kier molecular flexibility index (Phi) is 16.2. The number of rotatable bonds is 18. The van der Waals surface area contributed by atoms with Crippen molar-refractivity contribution < 1.29 is 43.5 Å². The topological polar surface area (TPSA) is 154 Å². The van der Waals surface area contributed by atoms with E-state index in [1.54, 1.807) is 24.5 Å². The van der Waals surface area contributed by atoms with Gasteiger partial charge < -0.3 is 29.2 Å². The maximum atomic E-state index is 11.4. The molecule has 11 heteroatoms. The van der Waals surface area contributed by atoms with Crippen LogP contribution in [0.1, 0.15) is 75.6 Å². The lowest BCUT2D eigenvalue weighted by Crippen LogP contribution is -2.25. The Bertz CT molecular complexity index is 1730. The van der Waals surface area contributed by atoms with Crippen LogP contribution in [0.15, 0.2) is 73.1 Å². The van der Waals surface area contributed by atoms with Gasteiger partial charge in [-0.25, -0.2) is 9.97 Å². The molecule has 0 radical (unpaired) electrons. The molecule has 0 aliphatic rings. The molecule has 0 amide bonds. The molecule has 2 aromatic carbocycles. The van der Waals surface area contributed by atoms with Crippen LogP contribution in [0.4, 0.5) is 0 Å². The molecular formula is C40H48N2O9. The van der Waals surface area contributed by atoms with Crippen molar-refractivity contribution in [3.05, 3.63) is 95.3 Å². The van der Waals surface area contributed by atoms with Crippen LogP contribution in [0.5, 0.6) is 11.8 Å². The number of ether oxygens (including phenoxy) is 4. The maximum absolute atomic E-state index is 11.4. The van der Waals surface area contributed by atoms with E-state index in [9.17, 15) is 24.6 Å². The highest BCUT2D eigenvalue weighted by molar-refractivity contribution is 5.79. The van der Waals surface area contributed by atoms with Gasteiger partial charge in [-0.2, -0.15) is 0 Å². The molecule has 4 rings (SSSR count). The molecule has 0 saturated heterocycles. The van der Waals surface area contributed by atoms with E-state index in [4.69, 9.17) is 18.9 Å². The van der Waals surface area contributed by atoms with Gasteiger partial charge in [0.2, 0.25) is 11.8 Å². The van der Waals surface area contributed by atoms with Crippen LogP contribution in [-0.4, -0.2) is 71.1 Å². The number of hydrogen-bond acceptors (Lipinski definition) is 9. The normalized spacial score (nSPS) is 10.9. The van der Waals surface area contributed by atoms with Gasteiger partial charge in [-0.05, 0) is 82.3 Å². The van der Waals surface area contributed by atoms with E-state index in [1.165, 1.54) is 0 Å². The van der Waals surface area contributed by atoms with Crippen molar-refractivity contribution in [3.63, 3.8) is 0 Å². The van der Waals surface area contributed by atoms with Crippen LogP contribution in [0, 0.1) is 0 Å². The zero-order chi connectivity index (χ0) is 37.3. The summed E-state index contributed by atoms with van der Waals surface area (Å²) in [6, 6.07) is 18.8. The molecular weight excluding hydrogens is 652 g/mol. The van der Waals surface area contributed by atoms with Crippen molar-refractivity contribution in [3.8, 4) is 34.0 Å². The SMILES string of the molecule is CC(C)c1cccc(-c2ccnc(OCC=O)c2)c1CC(=O)O.CCOC(COc1cc(-c2cccc(C(C)C)c2CC(=O)O)ccn1)OCC. The molecule has 0 spiro atoms. The Hall–Kier alpha value is -5.13. The molecule has 2 heterocycles. The van der Waals surface area contributed by atoms with Crippen molar-refractivity contribution in [1.82, 2.24) is 9.97 Å².